The smallest absolute Gasteiger partial charge is 0.140 e. The second kappa shape index (κ2) is 9.55. The summed E-state index contributed by atoms with van der Waals surface area (Å²) in [4.78, 5) is 8.65. The van der Waals surface area contributed by atoms with Crippen molar-refractivity contribution >= 4 is 0 Å². The summed E-state index contributed by atoms with van der Waals surface area (Å²) in [5, 5.41) is 0. The summed E-state index contributed by atoms with van der Waals surface area (Å²) >= 11 is 0. The van der Waals surface area contributed by atoms with Crippen molar-refractivity contribution in [2.24, 2.45) is 5.92 Å². The van der Waals surface area contributed by atoms with E-state index < -0.39 is 0 Å². The third-order valence-electron chi connectivity index (χ3n) is 5.23. The van der Waals surface area contributed by atoms with E-state index in [-0.39, 0.29) is 0 Å². The monoisotopic (exact) mass is 380 g/mol. The first-order valence-corrected chi connectivity index (χ1v) is 10.2. The Morgan fingerprint density at radius 1 is 1.18 bits per heavy atom. The van der Waals surface area contributed by atoms with E-state index in [2.05, 4.69) is 37.4 Å². The van der Waals surface area contributed by atoms with Gasteiger partial charge in [-0.3, -0.25) is 0 Å². The molecule has 0 radical (unpaired) electrons. The first kappa shape index (κ1) is 18.7. The lowest BCUT2D eigenvalue weighted by Gasteiger charge is -2.22. The van der Waals surface area contributed by atoms with Gasteiger partial charge in [0.1, 0.15) is 11.6 Å². The van der Waals surface area contributed by atoms with Crippen molar-refractivity contribution in [1.29, 1.82) is 0 Å². The number of ether oxygens (including phenoxy) is 2. The Morgan fingerprint density at radius 3 is 3.04 bits per heavy atom. The van der Waals surface area contributed by atoms with Crippen LogP contribution in [0.25, 0.3) is 11.4 Å². The van der Waals surface area contributed by atoms with Crippen molar-refractivity contribution in [1.82, 2.24) is 19.1 Å². The fourth-order valence-electron chi connectivity index (χ4n) is 3.69. The molecule has 28 heavy (non-hydrogen) atoms. The van der Waals surface area contributed by atoms with Crippen molar-refractivity contribution in [3.05, 3.63) is 55.4 Å². The molecule has 3 aromatic rings. The molecule has 148 valence electrons. The Hall–Kier alpha value is -2.60. The maximum Gasteiger partial charge on any atom is 0.140 e. The molecule has 0 saturated carbocycles. The lowest BCUT2D eigenvalue weighted by atomic mass is 9.99. The Labute approximate surface area is 166 Å². The van der Waals surface area contributed by atoms with Crippen LogP contribution in [0.4, 0.5) is 0 Å². The summed E-state index contributed by atoms with van der Waals surface area (Å²) in [6, 6.07) is 8.22. The highest BCUT2D eigenvalue weighted by atomic mass is 16.5. The van der Waals surface area contributed by atoms with Gasteiger partial charge in [-0.25, -0.2) is 9.97 Å². The molecule has 0 aliphatic carbocycles. The van der Waals surface area contributed by atoms with Gasteiger partial charge in [-0.2, -0.15) is 0 Å². The number of hydrogen-bond acceptors (Lipinski definition) is 4. The van der Waals surface area contributed by atoms with E-state index in [1.54, 1.807) is 6.20 Å². The van der Waals surface area contributed by atoms with Crippen LogP contribution in [0.2, 0.25) is 0 Å². The molecule has 1 atom stereocenters. The minimum Gasteiger partial charge on any atom is -0.494 e. The molecule has 1 saturated heterocycles. The maximum atomic E-state index is 5.95. The fourth-order valence-corrected chi connectivity index (χ4v) is 3.69. The largest absolute Gasteiger partial charge is 0.494 e. The standard InChI is InChI=1S/C22H28N4O2/c1-5-20(16-21(6-1)28-15-3-10-25-12-8-23-18-25)22-24-9-13-26(22)11-7-19-4-2-14-27-17-19/h1,5-6,8-9,12-13,16,18-19H,2-4,7,10-11,14-15,17H2. The molecule has 2 aromatic heterocycles. The number of hydrogen-bond donors (Lipinski definition) is 0. The van der Waals surface area contributed by atoms with E-state index in [4.69, 9.17) is 9.47 Å². The summed E-state index contributed by atoms with van der Waals surface area (Å²) in [5.74, 6) is 2.55. The van der Waals surface area contributed by atoms with Crippen molar-refractivity contribution in [3.8, 4) is 17.1 Å². The van der Waals surface area contributed by atoms with Crippen LogP contribution in [0.1, 0.15) is 25.7 Å². The van der Waals surface area contributed by atoms with Crippen LogP contribution >= 0.6 is 0 Å². The Kier molecular flexibility index (Phi) is 6.40. The molecule has 1 aliphatic rings. The summed E-state index contributed by atoms with van der Waals surface area (Å²) in [6.07, 6.45) is 14.1. The van der Waals surface area contributed by atoms with E-state index >= 15 is 0 Å². The maximum absolute atomic E-state index is 5.95. The first-order chi connectivity index (χ1) is 13.9. The van der Waals surface area contributed by atoms with Gasteiger partial charge in [0.25, 0.3) is 0 Å². The van der Waals surface area contributed by atoms with E-state index in [0.717, 1.165) is 56.3 Å². The molecule has 6 heteroatoms. The van der Waals surface area contributed by atoms with Crippen LogP contribution in [-0.4, -0.2) is 38.9 Å². The van der Waals surface area contributed by atoms with Crippen LogP contribution < -0.4 is 4.74 Å². The predicted molar refractivity (Wildman–Crippen MR) is 108 cm³/mol. The number of benzene rings is 1. The van der Waals surface area contributed by atoms with Crippen molar-refractivity contribution in [3.63, 3.8) is 0 Å². The Bertz CT molecular complexity index is 838. The average molecular weight is 380 g/mol. The second-order valence-electron chi connectivity index (χ2n) is 7.35. The van der Waals surface area contributed by atoms with Gasteiger partial charge < -0.3 is 18.6 Å². The van der Waals surface area contributed by atoms with Gasteiger partial charge in [0.05, 0.1) is 12.9 Å². The molecule has 1 aliphatic heterocycles. The zero-order chi connectivity index (χ0) is 19.0. The Morgan fingerprint density at radius 2 is 2.18 bits per heavy atom. The van der Waals surface area contributed by atoms with Crippen LogP contribution in [0.5, 0.6) is 5.75 Å². The number of rotatable bonds is 9. The lowest BCUT2D eigenvalue weighted by molar-refractivity contribution is 0.0501. The van der Waals surface area contributed by atoms with Gasteiger partial charge in [0.15, 0.2) is 0 Å². The van der Waals surface area contributed by atoms with Crippen LogP contribution in [0, 0.1) is 5.92 Å². The predicted octanol–water partition coefficient (Wildman–Crippen LogP) is 4.03. The number of aromatic nitrogens is 4. The second-order valence-corrected chi connectivity index (χ2v) is 7.35. The molecule has 0 bridgehead atoms. The number of imidazole rings is 2. The minimum absolute atomic E-state index is 0.661. The highest BCUT2D eigenvalue weighted by Gasteiger charge is 2.15. The molecule has 6 nitrogen and oxygen atoms in total. The molecule has 1 aromatic carbocycles. The highest BCUT2D eigenvalue weighted by molar-refractivity contribution is 5.58. The topological polar surface area (TPSA) is 54.1 Å². The van der Waals surface area contributed by atoms with Gasteiger partial charge in [-0.15, -0.1) is 0 Å². The molecule has 0 N–H and O–H groups in total. The zero-order valence-electron chi connectivity index (χ0n) is 16.2. The Balaban J connectivity index is 1.32. The van der Waals surface area contributed by atoms with Gasteiger partial charge >= 0.3 is 0 Å². The summed E-state index contributed by atoms with van der Waals surface area (Å²) in [7, 11) is 0. The van der Waals surface area contributed by atoms with E-state index in [9.17, 15) is 0 Å². The molecule has 3 heterocycles. The number of aryl methyl sites for hydroxylation is 2. The van der Waals surface area contributed by atoms with Gasteiger partial charge in [0.2, 0.25) is 0 Å². The van der Waals surface area contributed by atoms with Crippen molar-refractivity contribution in [2.75, 3.05) is 19.8 Å². The third kappa shape index (κ3) is 5.01. The zero-order valence-corrected chi connectivity index (χ0v) is 16.2. The van der Waals surface area contributed by atoms with Crippen molar-refractivity contribution < 1.29 is 9.47 Å². The van der Waals surface area contributed by atoms with Crippen LogP contribution in [0.3, 0.4) is 0 Å². The normalized spacial score (nSPS) is 16.9. The third-order valence-corrected chi connectivity index (χ3v) is 5.23. The molecule has 1 unspecified atom stereocenters. The molecular formula is C22H28N4O2. The van der Waals surface area contributed by atoms with E-state index in [1.807, 2.05) is 30.9 Å². The van der Waals surface area contributed by atoms with E-state index in [0.29, 0.717) is 12.5 Å². The molecule has 0 spiro atoms. The number of nitrogens with zero attached hydrogens (tertiary/aromatic N) is 4. The van der Waals surface area contributed by atoms with Crippen LogP contribution in [0.15, 0.2) is 55.4 Å². The van der Waals surface area contributed by atoms with Crippen molar-refractivity contribution in [2.45, 2.75) is 38.8 Å². The molecular weight excluding hydrogens is 352 g/mol. The fraction of sp³-hybridized carbons (Fsp3) is 0.455. The summed E-state index contributed by atoms with van der Waals surface area (Å²) < 4.78 is 15.9. The quantitative estimate of drug-likeness (QED) is 0.526. The van der Waals surface area contributed by atoms with E-state index in [1.165, 1.54) is 12.8 Å². The van der Waals surface area contributed by atoms with Crippen LogP contribution in [-0.2, 0) is 17.8 Å². The molecule has 0 amide bonds. The average Bonchev–Trinajstić information content (AvgIpc) is 3.43. The molecule has 1 fully saturated rings. The lowest BCUT2D eigenvalue weighted by Crippen LogP contribution is -2.19. The van der Waals surface area contributed by atoms with Gasteiger partial charge in [-0.05, 0) is 43.7 Å². The minimum atomic E-state index is 0.661. The summed E-state index contributed by atoms with van der Waals surface area (Å²) in [6.45, 7) is 4.38. The first-order valence-electron chi connectivity index (χ1n) is 10.2. The SMILES string of the molecule is c1cc(OCCCn2ccnc2)cc(-c2nccn2CCC2CCCOC2)c1. The summed E-state index contributed by atoms with van der Waals surface area (Å²) in [5.41, 5.74) is 1.09. The molecule has 4 rings (SSSR count). The van der Waals surface area contributed by atoms with Gasteiger partial charge in [-0.1, -0.05) is 12.1 Å². The van der Waals surface area contributed by atoms with Gasteiger partial charge in [0, 0.05) is 56.7 Å². The highest BCUT2D eigenvalue weighted by Crippen LogP contribution is 2.24.